The van der Waals surface area contributed by atoms with E-state index in [2.05, 4.69) is 4.98 Å². The lowest BCUT2D eigenvalue weighted by Crippen LogP contribution is -2.62. The van der Waals surface area contributed by atoms with Gasteiger partial charge in [-0.15, -0.1) is 11.8 Å². The zero-order valence-electron chi connectivity index (χ0n) is 13.1. The summed E-state index contributed by atoms with van der Waals surface area (Å²) in [7, 11) is 0. The molecule has 1 amide bonds. The number of hydrogen-bond donors (Lipinski definition) is 0. The predicted molar refractivity (Wildman–Crippen MR) is 88.6 cm³/mol. The Bertz CT molecular complexity index is 556. The zero-order valence-corrected chi connectivity index (χ0v) is 14.0. The Hall–Kier alpha value is -1.27. The van der Waals surface area contributed by atoms with Gasteiger partial charge in [0.15, 0.2) is 0 Å². The molecule has 0 unspecified atom stereocenters. The van der Waals surface area contributed by atoms with Gasteiger partial charge in [-0.05, 0) is 25.0 Å². The molecule has 23 heavy (non-hydrogen) atoms. The number of pyridine rings is 1. The highest BCUT2D eigenvalue weighted by Crippen LogP contribution is 2.46. The van der Waals surface area contributed by atoms with Crippen LogP contribution in [-0.4, -0.2) is 58.7 Å². The number of amides is 1. The molecule has 124 valence electrons. The lowest BCUT2D eigenvalue weighted by Gasteiger charge is -2.48. The van der Waals surface area contributed by atoms with E-state index in [9.17, 15) is 4.79 Å². The second kappa shape index (κ2) is 6.32. The molecule has 1 spiro atoms. The van der Waals surface area contributed by atoms with E-state index >= 15 is 0 Å². The first-order chi connectivity index (χ1) is 11.2. The van der Waals surface area contributed by atoms with Crippen LogP contribution in [0.2, 0.25) is 0 Å². The quantitative estimate of drug-likeness (QED) is 0.846. The van der Waals surface area contributed by atoms with Gasteiger partial charge in [0.2, 0.25) is 5.91 Å². The van der Waals surface area contributed by atoms with Crippen molar-refractivity contribution < 1.29 is 14.3 Å². The Morgan fingerprint density at radius 2 is 2.22 bits per heavy atom. The van der Waals surface area contributed by atoms with E-state index in [4.69, 9.17) is 9.47 Å². The van der Waals surface area contributed by atoms with Crippen molar-refractivity contribution in [1.82, 2.24) is 9.88 Å². The van der Waals surface area contributed by atoms with E-state index in [1.54, 1.807) is 12.4 Å². The van der Waals surface area contributed by atoms with Crippen LogP contribution in [0.15, 0.2) is 24.5 Å². The molecule has 1 aromatic rings. The standard InChI is InChI=1S/C17H22N2O3S/c20-16(13-3-6-21-7-4-13)19-11-17(12-19)8-15(10-23-17)22-14-2-1-5-18-9-14/h1-2,5,9,13,15H,3-4,6-8,10-12H2/t15-/m0/s1. The van der Waals surface area contributed by atoms with Crippen LogP contribution in [0.3, 0.4) is 0 Å². The van der Waals surface area contributed by atoms with Crippen molar-refractivity contribution >= 4 is 17.7 Å². The van der Waals surface area contributed by atoms with Crippen molar-refractivity contribution in [2.45, 2.75) is 30.1 Å². The maximum atomic E-state index is 12.5. The number of carbonyl (C=O) groups is 1. The van der Waals surface area contributed by atoms with Crippen LogP contribution in [0.4, 0.5) is 0 Å². The van der Waals surface area contributed by atoms with Crippen molar-refractivity contribution in [3.05, 3.63) is 24.5 Å². The molecule has 0 saturated carbocycles. The predicted octanol–water partition coefficient (Wildman–Crippen LogP) is 1.97. The summed E-state index contributed by atoms with van der Waals surface area (Å²) in [6.45, 7) is 3.21. The fourth-order valence-electron chi connectivity index (χ4n) is 3.72. The molecule has 0 aliphatic carbocycles. The van der Waals surface area contributed by atoms with Gasteiger partial charge in [-0.3, -0.25) is 9.78 Å². The van der Waals surface area contributed by atoms with Crippen LogP contribution in [-0.2, 0) is 9.53 Å². The zero-order chi connectivity index (χ0) is 15.7. The number of nitrogens with zero attached hydrogens (tertiary/aromatic N) is 2. The van der Waals surface area contributed by atoms with Gasteiger partial charge in [-0.25, -0.2) is 0 Å². The molecule has 1 aromatic heterocycles. The summed E-state index contributed by atoms with van der Waals surface area (Å²) in [5, 5.41) is 0. The summed E-state index contributed by atoms with van der Waals surface area (Å²) in [5.41, 5.74) is 0. The number of hydrogen-bond acceptors (Lipinski definition) is 5. The lowest BCUT2D eigenvalue weighted by molar-refractivity contribution is -0.144. The first kappa shape index (κ1) is 15.3. The molecule has 6 heteroatoms. The minimum absolute atomic E-state index is 0.176. The maximum absolute atomic E-state index is 12.5. The minimum Gasteiger partial charge on any atom is -0.488 e. The van der Waals surface area contributed by atoms with Crippen LogP contribution in [0, 0.1) is 5.92 Å². The lowest BCUT2D eigenvalue weighted by atomic mass is 9.89. The maximum Gasteiger partial charge on any atom is 0.225 e. The molecular formula is C17H22N2O3S. The average molecular weight is 334 g/mol. The number of thioether (sulfide) groups is 1. The van der Waals surface area contributed by atoms with Gasteiger partial charge in [0.1, 0.15) is 11.9 Å². The third kappa shape index (κ3) is 3.19. The van der Waals surface area contributed by atoms with E-state index in [1.165, 1.54) is 0 Å². The topological polar surface area (TPSA) is 51.7 Å². The molecule has 0 N–H and O–H groups in total. The van der Waals surface area contributed by atoms with Gasteiger partial charge in [-0.1, -0.05) is 0 Å². The molecule has 0 bridgehead atoms. The largest absolute Gasteiger partial charge is 0.488 e. The van der Waals surface area contributed by atoms with Crippen molar-refractivity contribution in [3.8, 4) is 5.75 Å². The molecule has 3 fully saturated rings. The van der Waals surface area contributed by atoms with Gasteiger partial charge in [0.25, 0.3) is 0 Å². The molecule has 3 aliphatic heterocycles. The number of ether oxygens (including phenoxy) is 2. The fraction of sp³-hybridized carbons (Fsp3) is 0.647. The Morgan fingerprint density at radius 1 is 1.39 bits per heavy atom. The van der Waals surface area contributed by atoms with Crippen LogP contribution < -0.4 is 4.74 Å². The van der Waals surface area contributed by atoms with Crippen molar-refractivity contribution in [1.29, 1.82) is 0 Å². The van der Waals surface area contributed by atoms with E-state index in [0.717, 1.165) is 57.1 Å². The Kier molecular flexibility index (Phi) is 4.20. The number of rotatable bonds is 3. The smallest absolute Gasteiger partial charge is 0.225 e. The molecular weight excluding hydrogens is 312 g/mol. The van der Waals surface area contributed by atoms with Crippen molar-refractivity contribution in [2.24, 2.45) is 5.92 Å². The monoisotopic (exact) mass is 334 g/mol. The van der Waals surface area contributed by atoms with Gasteiger partial charge < -0.3 is 14.4 Å². The fourth-order valence-corrected chi connectivity index (χ4v) is 5.24. The summed E-state index contributed by atoms with van der Waals surface area (Å²) in [6.07, 6.45) is 6.51. The highest BCUT2D eigenvalue weighted by atomic mass is 32.2. The molecule has 0 radical (unpaired) electrons. The number of carbonyl (C=O) groups excluding carboxylic acids is 1. The minimum atomic E-state index is 0.176. The van der Waals surface area contributed by atoms with E-state index in [1.807, 2.05) is 28.8 Å². The molecule has 4 heterocycles. The van der Waals surface area contributed by atoms with Gasteiger partial charge in [0.05, 0.1) is 10.9 Å². The van der Waals surface area contributed by atoms with Crippen LogP contribution in [0.5, 0.6) is 5.75 Å². The SMILES string of the molecule is O=C(C1CCOCC1)N1CC2(C[C@H](Oc3cccnc3)CS2)C1. The third-order valence-electron chi connectivity index (χ3n) is 4.95. The summed E-state index contributed by atoms with van der Waals surface area (Å²) in [4.78, 5) is 18.6. The van der Waals surface area contributed by atoms with Crippen molar-refractivity contribution in [2.75, 3.05) is 32.1 Å². The van der Waals surface area contributed by atoms with E-state index < -0.39 is 0 Å². The average Bonchev–Trinajstić information content (AvgIpc) is 2.99. The molecule has 1 atom stereocenters. The van der Waals surface area contributed by atoms with Crippen LogP contribution in [0.1, 0.15) is 19.3 Å². The second-order valence-electron chi connectivity index (χ2n) is 6.71. The Labute approximate surface area is 140 Å². The number of aromatic nitrogens is 1. The molecule has 3 aliphatic rings. The van der Waals surface area contributed by atoms with Gasteiger partial charge in [0, 0.05) is 50.6 Å². The van der Waals surface area contributed by atoms with Crippen LogP contribution in [0.25, 0.3) is 0 Å². The Morgan fingerprint density at radius 3 is 2.96 bits per heavy atom. The summed E-state index contributed by atoms with van der Waals surface area (Å²) in [5.74, 6) is 2.34. The molecule has 5 nitrogen and oxygen atoms in total. The number of likely N-dealkylation sites (tertiary alicyclic amines) is 1. The Balaban J connectivity index is 1.28. The highest BCUT2D eigenvalue weighted by molar-refractivity contribution is 8.01. The third-order valence-corrected chi connectivity index (χ3v) is 6.53. The normalized spacial score (nSPS) is 27.0. The van der Waals surface area contributed by atoms with Gasteiger partial charge >= 0.3 is 0 Å². The first-order valence-electron chi connectivity index (χ1n) is 8.31. The van der Waals surface area contributed by atoms with E-state index in [-0.39, 0.29) is 16.8 Å². The van der Waals surface area contributed by atoms with Crippen molar-refractivity contribution in [3.63, 3.8) is 0 Å². The highest BCUT2D eigenvalue weighted by Gasteiger charge is 2.52. The first-order valence-corrected chi connectivity index (χ1v) is 9.30. The summed E-state index contributed by atoms with van der Waals surface area (Å²) >= 11 is 1.96. The molecule has 4 rings (SSSR count). The molecule has 3 saturated heterocycles. The van der Waals surface area contributed by atoms with Gasteiger partial charge in [-0.2, -0.15) is 0 Å². The van der Waals surface area contributed by atoms with Crippen LogP contribution >= 0.6 is 11.8 Å². The summed E-state index contributed by atoms with van der Waals surface area (Å²) in [6, 6.07) is 3.84. The summed E-state index contributed by atoms with van der Waals surface area (Å²) < 4.78 is 11.6. The molecule has 0 aromatic carbocycles. The van der Waals surface area contributed by atoms with E-state index in [0.29, 0.717) is 5.91 Å². The second-order valence-corrected chi connectivity index (χ2v) is 8.20.